The number of hydrogen-bond donors (Lipinski definition) is 2. The molecule has 0 unspecified atom stereocenters. The van der Waals surface area contributed by atoms with Gasteiger partial charge in [0.2, 0.25) is 0 Å². The van der Waals surface area contributed by atoms with Crippen molar-refractivity contribution >= 4 is 28.7 Å². The Morgan fingerprint density at radius 3 is 2.38 bits per heavy atom. The number of halogens is 2. The van der Waals surface area contributed by atoms with Gasteiger partial charge >= 0.3 is 0 Å². The molecule has 0 saturated heterocycles. The van der Waals surface area contributed by atoms with Crippen molar-refractivity contribution in [2.45, 2.75) is 13.8 Å². The second kappa shape index (κ2) is 7.58. The van der Waals surface area contributed by atoms with Gasteiger partial charge in [-0.25, -0.2) is 4.39 Å². The first-order valence-corrected chi connectivity index (χ1v) is 8.48. The number of aryl methyl sites for hydroxylation is 2. The molecule has 3 aromatic carbocycles. The molecule has 132 valence electrons. The predicted molar refractivity (Wildman–Crippen MR) is 104 cm³/mol. The van der Waals surface area contributed by atoms with E-state index >= 15 is 0 Å². The lowest BCUT2D eigenvalue weighted by Crippen LogP contribution is -2.06. The lowest BCUT2D eigenvalue weighted by atomic mass is 9.98. The molecule has 0 aromatic heterocycles. The largest absolute Gasteiger partial charge is 0.410 e. The summed E-state index contributed by atoms with van der Waals surface area (Å²) in [6, 6.07) is 17.6. The standard InChI is InChI=1S/C21H18ClFN2O/c1-13-5-3-4-6-17(13)21(25-26)18-9-8-16(12-19(18)22)24-20-10-7-15(23)11-14(20)2/h3-12,24,26H,1-2H3. The van der Waals surface area contributed by atoms with Crippen LogP contribution in [-0.2, 0) is 0 Å². The van der Waals surface area contributed by atoms with E-state index in [0.29, 0.717) is 16.3 Å². The molecule has 3 aromatic rings. The van der Waals surface area contributed by atoms with E-state index in [4.69, 9.17) is 11.6 Å². The van der Waals surface area contributed by atoms with Gasteiger partial charge in [-0.05, 0) is 61.4 Å². The summed E-state index contributed by atoms with van der Waals surface area (Å²) in [7, 11) is 0. The molecule has 0 aliphatic rings. The SMILES string of the molecule is Cc1cc(F)ccc1Nc1ccc(C(=NO)c2ccccc2C)c(Cl)c1. The zero-order valence-electron chi connectivity index (χ0n) is 14.4. The van der Waals surface area contributed by atoms with E-state index in [1.54, 1.807) is 18.2 Å². The Bertz CT molecular complexity index is 985. The Labute approximate surface area is 156 Å². The summed E-state index contributed by atoms with van der Waals surface area (Å²) in [5.41, 5.74) is 5.19. The Morgan fingerprint density at radius 2 is 1.73 bits per heavy atom. The zero-order chi connectivity index (χ0) is 18.7. The van der Waals surface area contributed by atoms with E-state index in [-0.39, 0.29) is 5.82 Å². The number of benzene rings is 3. The monoisotopic (exact) mass is 368 g/mol. The van der Waals surface area contributed by atoms with Crippen LogP contribution >= 0.6 is 11.6 Å². The van der Waals surface area contributed by atoms with Crippen molar-refractivity contribution in [3.05, 3.63) is 93.8 Å². The van der Waals surface area contributed by atoms with E-state index in [1.807, 2.05) is 44.2 Å². The number of nitrogens with one attached hydrogen (secondary N) is 1. The molecule has 0 spiro atoms. The van der Waals surface area contributed by atoms with E-state index in [0.717, 1.165) is 28.1 Å². The maximum absolute atomic E-state index is 13.2. The van der Waals surface area contributed by atoms with Crippen molar-refractivity contribution in [1.29, 1.82) is 0 Å². The molecule has 0 fully saturated rings. The summed E-state index contributed by atoms with van der Waals surface area (Å²) in [5, 5.41) is 16.7. The number of rotatable bonds is 4. The third-order valence-corrected chi connectivity index (χ3v) is 4.50. The molecule has 0 amide bonds. The number of hydrogen-bond acceptors (Lipinski definition) is 3. The van der Waals surface area contributed by atoms with Gasteiger partial charge in [-0.3, -0.25) is 0 Å². The maximum atomic E-state index is 13.2. The van der Waals surface area contributed by atoms with Gasteiger partial charge < -0.3 is 10.5 Å². The molecule has 5 heteroatoms. The highest BCUT2D eigenvalue weighted by molar-refractivity contribution is 6.35. The van der Waals surface area contributed by atoms with Gasteiger partial charge in [0, 0.05) is 22.5 Å². The molecule has 2 N–H and O–H groups in total. The van der Waals surface area contributed by atoms with Crippen LogP contribution in [0.3, 0.4) is 0 Å². The number of anilines is 2. The molecule has 0 bridgehead atoms. The normalized spacial score (nSPS) is 11.5. The van der Waals surface area contributed by atoms with Gasteiger partial charge in [0.1, 0.15) is 11.5 Å². The van der Waals surface area contributed by atoms with Crippen LogP contribution in [0.2, 0.25) is 5.02 Å². The lowest BCUT2D eigenvalue weighted by molar-refractivity contribution is 0.319. The smallest absolute Gasteiger partial charge is 0.123 e. The topological polar surface area (TPSA) is 44.6 Å². The second-order valence-corrected chi connectivity index (χ2v) is 6.45. The van der Waals surface area contributed by atoms with Crippen molar-refractivity contribution < 1.29 is 9.60 Å². The Morgan fingerprint density at radius 1 is 0.962 bits per heavy atom. The highest BCUT2D eigenvalue weighted by Gasteiger charge is 2.14. The van der Waals surface area contributed by atoms with Crippen LogP contribution in [0.1, 0.15) is 22.3 Å². The molecule has 0 heterocycles. The van der Waals surface area contributed by atoms with E-state index in [1.165, 1.54) is 12.1 Å². The molecule has 0 aliphatic carbocycles. The molecule has 0 aliphatic heterocycles. The number of oxime groups is 1. The molecular formula is C21H18ClFN2O. The van der Waals surface area contributed by atoms with E-state index in [9.17, 15) is 9.60 Å². The summed E-state index contributed by atoms with van der Waals surface area (Å²) < 4.78 is 13.2. The summed E-state index contributed by atoms with van der Waals surface area (Å²) in [6.45, 7) is 3.78. The summed E-state index contributed by atoms with van der Waals surface area (Å²) >= 11 is 6.44. The zero-order valence-corrected chi connectivity index (χ0v) is 15.2. The summed E-state index contributed by atoms with van der Waals surface area (Å²) in [5.74, 6) is -0.275. The van der Waals surface area contributed by atoms with Crippen LogP contribution in [-0.4, -0.2) is 10.9 Å². The highest BCUT2D eigenvalue weighted by Crippen LogP contribution is 2.28. The first-order valence-electron chi connectivity index (χ1n) is 8.10. The maximum Gasteiger partial charge on any atom is 0.123 e. The van der Waals surface area contributed by atoms with Gasteiger partial charge in [0.05, 0.1) is 5.02 Å². The first-order chi connectivity index (χ1) is 12.5. The minimum atomic E-state index is -0.275. The summed E-state index contributed by atoms with van der Waals surface area (Å²) in [6.07, 6.45) is 0. The Balaban J connectivity index is 1.93. The van der Waals surface area contributed by atoms with Crippen molar-refractivity contribution in [2.24, 2.45) is 5.16 Å². The molecule has 0 saturated carbocycles. The molecule has 0 radical (unpaired) electrons. The Kier molecular flexibility index (Phi) is 5.24. The van der Waals surface area contributed by atoms with Gasteiger partial charge in [-0.1, -0.05) is 41.0 Å². The van der Waals surface area contributed by atoms with Crippen LogP contribution in [0.4, 0.5) is 15.8 Å². The minimum absolute atomic E-state index is 0.275. The lowest BCUT2D eigenvalue weighted by Gasteiger charge is -2.13. The van der Waals surface area contributed by atoms with Gasteiger partial charge in [-0.2, -0.15) is 0 Å². The average Bonchev–Trinajstić information content (AvgIpc) is 2.61. The second-order valence-electron chi connectivity index (χ2n) is 6.04. The van der Waals surface area contributed by atoms with Gasteiger partial charge in [-0.15, -0.1) is 0 Å². The molecule has 26 heavy (non-hydrogen) atoms. The average molecular weight is 369 g/mol. The minimum Gasteiger partial charge on any atom is -0.410 e. The van der Waals surface area contributed by atoms with E-state index in [2.05, 4.69) is 10.5 Å². The molecule has 3 rings (SSSR count). The fourth-order valence-electron chi connectivity index (χ4n) is 2.80. The van der Waals surface area contributed by atoms with Crippen LogP contribution in [0.25, 0.3) is 0 Å². The van der Waals surface area contributed by atoms with E-state index < -0.39 is 0 Å². The fraction of sp³-hybridized carbons (Fsp3) is 0.0952. The Hall–Kier alpha value is -2.85. The predicted octanol–water partition coefficient (Wildman–Crippen LogP) is 6.07. The highest BCUT2D eigenvalue weighted by atomic mass is 35.5. The molecular weight excluding hydrogens is 351 g/mol. The first kappa shape index (κ1) is 18.0. The van der Waals surface area contributed by atoms with Crippen LogP contribution in [0, 0.1) is 19.7 Å². The van der Waals surface area contributed by atoms with Gasteiger partial charge in [0.15, 0.2) is 0 Å². The van der Waals surface area contributed by atoms with Crippen LogP contribution in [0.5, 0.6) is 0 Å². The fourth-order valence-corrected chi connectivity index (χ4v) is 3.07. The van der Waals surface area contributed by atoms with Crippen molar-refractivity contribution in [3.8, 4) is 0 Å². The third kappa shape index (κ3) is 3.70. The quantitative estimate of drug-likeness (QED) is 0.333. The number of nitrogens with zero attached hydrogens (tertiary/aromatic N) is 1. The summed E-state index contributed by atoms with van der Waals surface area (Å²) in [4.78, 5) is 0. The van der Waals surface area contributed by atoms with Crippen LogP contribution in [0.15, 0.2) is 65.8 Å². The van der Waals surface area contributed by atoms with Crippen LogP contribution < -0.4 is 5.32 Å². The molecule has 3 nitrogen and oxygen atoms in total. The van der Waals surface area contributed by atoms with Crippen molar-refractivity contribution in [1.82, 2.24) is 0 Å². The molecule has 0 atom stereocenters. The third-order valence-electron chi connectivity index (χ3n) is 4.19. The van der Waals surface area contributed by atoms with Gasteiger partial charge in [0.25, 0.3) is 0 Å². The van der Waals surface area contributed by atoms with Crippen molar-refractivity contribution in [3.63, 3.8) is 0 Å². The van der Waals surface area contributed by atoms with Crippen molar-refractivity contribution in [2.75, 3.05) is 5.32 Å².